The van der Waals surface area contributed by atoms with Gasteiger partial charge in [0.2, 0.25) is 0 Å². The van der Waals surface area contributed by atoms with Crippen LogP contribution < -0.4 is 5.69 Å². The number of carboxylic acids is 1. The van der Waals surface area contributed by atoms with Crippen LogP contribution in [-0.2, 0) is 4.79 Å². The van der Waals surface area contributed by atoms with Gasteiger partial charge in [0, 0.05) is 28.9 Å². The number of fused-ring (bicyclic) bond motifs is 2. The summed E-state index contributed by atoms with van der Waals surface area (Å²) in [5.74, 6) is -0.967. The van der Waals surface area contributed by atoms with Crippen molar-refractivity contribution in [2.75, 3.05) is 0 Å². The molecule has 166 valence electrons. The number of aromatic amines is 1. The van der Waals surface area contributed by atoms with Crippen molar-refractivity contribution in [1.82, 2.24) is 19.1 Å². The molecule has 5 rings (SSSR count). The fourth-order valence-electron chi connectivity index (χ4n) is 4.83. The summed E-state index contributed by atoms with van der Waals surface area (Å²) in [4.78, 5) is 33.3. The molecule has 0 amide bonds. The molecule has 2 N–H and O–H groups in total. The number of aryl methyl sites for hydroxylation is 1. The Hall–Kier alpha value is -4.13. The summed E-state index contributed by atoms with van der Waals surface area (Å²) >= 11 is 0. The Kier molecular flexibility index (Phi) is 5.09. The Balaban J connectivity index is 1.76. The average Bonchev–Trinajstić information content (AvgIpc) is 3.37. The van der Waals surface area contributed by atoms with Gasteiger partial charge < -0.3 is 10.1 Å². The SMILES string of the molecule is Cc1cccc2[nH]cc(C(C)n3c(=O)n(C(CC(=O)O)c4ccccc4)c4ccncc43)c12. The number of nitrogens with zero attached hydrogens (tertiary/aromatic N) is 3. The third-order valence-corrected chi connectivity index (χ3v) is 6.35. The van der Waals surface area contributed by atoms with E-state index in [2.05, 4.69) is 23.0 Å². The number of hydrogen-bond acceptors (Lipinski definition) is 3. The van der Waals surface area contributed by atoms with Crippen molar-refractivity contribution in [2.45, 2.75) is 32.4 Å². The molecule has 0 aliphatic heterocycles. The molecule has 7 nitrogen and oxygen atoms in total. The molecule has 33 heavy (non-hydrogen) atoms. The van der Waals surface area contributed by atoms with Crippen LogP contribution in [0.4, 0.5) is 0 Å². The monoisotopic (exact) mass is 440 g/mol. The molecule has 2 atom stereocenters. The van der Waals surface area contributed by atoms with Crippen molar-refractivity contribution < 1.29 is 9.90 Å². The van der Waals surface area contributed by atoms with E-state index in [0.717, 1.165) is 27.6 Å². The summed E-state index contributed by atoms with van der Waals surface area (Å²) in [5, 5.41) is 10.7. The Labute approximate surface area is 189 Å². The van der Waals surface area contributed by atoms with E-state index < -0.39 is 12.0 Å². The molecule has 0 radical (unpaired) electrons. The van der Waals surface area contributed by atoms with Gasteiger partial charge in [-0.05, 0) is 37.1 Å². The quantitative estimate of drug-likeness (QED) is 0.402. The van der Waals surface area contributed by atoms with E-state index in [1.807, 2.05) is 55.6 Å². The van der Waals surface area contributed by atoms with E-state index in [1.54, 1.807) is 27.6 Å². The molecule has 2 unspecified atom stereocenters. The molecule has 3 aromatic heterocycles. The molecule has 0 bridgehead atoms. The number of nitrogens with one attached hydrogen (secondary N) is 1. The number of benzene rings is 2. The van der Waals surface area contributed by atoms with Crippen LogP contribution in [0.15, 0.2) is 78.0 Å². The molecule has 2 aromatic carbocycles. The molecule has 5 aromatic rings. The summed E-state index contributed by atoms with van der Waals surface area (Å²) in [6.07, 6.45) is 5.05. The van der Waals surface area contributed by atoms with Crippen LogP contribution in [0.1, 0.15) is 42.1 Å². The molecule has 0 saturated carbocycles. The Morgan fingerprint density at radius 3 is 2.61 bits per heavy atom. The smallest absolute Gasteiger partial charge is 0.330 e. The van der Waals surface area contributed by atoms with Crippen LogP contribution in [0.3, 0.4) is 0 Å². The minimum atomic E-state index is -0.967. The highest BCUT2D eigenvalue weighted by Crippen LogP contribution is 2.32. The zero-order chi connectivity index (χ0) is 23.1. The van der Waals surface area contributed by atoms with E-state index in [-0.39, 0.29) is 18.2 Å². The van der Waals surface area contributed by atoms with E-state index in [4.69, 9.17) is 0 Å². The normalized spacial score (nSPS) is 13.4. The third kappa shape index (κ3) is 3.42. The van der Waals surface area contributed by atoms with Gasteiger partial charge in [-0.15, -0.1) is 0 Å². The standard InChI is InChI=1S/C26H24N4O3/c1-16-7-6-10-20-25(16)19(14-28-20)17(2)29-23-15-27-12-11-21(23)30(26(29)33)22(13-24(31)32)18-8-4-3-5-9-18/h3-12,14-15,17,22,28H,13H2,1-2H3,(H,31,32). The minimum absolute atomic E-state index is 0.202. The summed E-state index contributed by atoms with van der Waals surface area (Å²) in [7, 11) is 0. The van der Waals surface area contributed by atoms with Crippen molar-refractivity contribution >= 4 is 27.9 Å². The van der Waals surface area contributed by atoms with Gasteiger partial charge in [0.1, 0.15) is 0 Å². The van der Waals surface area contributed by atoms with Gasteiger partial charge >= 0.3 is 11.7 Å². The average molecular weight is 441 g/mol. The van der Waals surface area contributed by atoms with Crippen LogP contribution >= 0.6 is 0 Å². The second-order valence-corrected chi connectivity index (χ2v) is 8.33. The highest BCUT2D eigenvalue weighted by Gasteiger charge is 2.27. The van der Waals surface area contributed by atoms with Crippen LogP contribution in [0.25, 0.3) is 21.9 Å². The number of aliphatic carboxylic acids is 1. The number of pyridine rings is 1. The fraction of sp³-hybridized carbons (Fsp3) is 0.192. The lowest BCUT2D eigenvalue weighted by Gasteiger charge is -2.18. The molecule has 0 aliphatic carbocycles. The number of imidazole rings is 1. The molecule has 0 spiro atoms. The second-order valence-electron chi connectivity index (χ2n) is 8.33. The predicted octanol–water partition coefficient (Wildman–Crippen LogP) is 4.66. The predicted molar refractivity (Wildman–Crippen MR) is 128 cm³/mol. The number of aromatic nitrogens is 4. The molecule has 0 fully saturated rings. The molecular formula is C26H24N4O3. The molecule has 3 heterocycles. The number of hydrogen-bond donors (Lipinski definition) is 2. The maximum Gasteiger partial charge on any atom is 0.330 e. The summed E-state index contributed by atoms with van der Waals surface area (Å²) in [6.45, 7) is 4.04. The van der Waals surface area contributed by atoms with Gasteiger partial charge in [-0.3, -0.25) is 18.9 Å². The fourth-order valence-corrected chi connectivity index (χ4v) is 4.83. The molecule has 0 aliphatic rings. The van der Waals surface area contributed by atoms with Gasteiger partial charge in [-0.1, -0.05) is 42.5 Å². The van der Waals surface area contributed by atoms with Gasteiger partial charge in [0.25, 0.3) is 0 Å². The lowest BCUT2D eigenvalue weighted by molar-refractivity contribution is -0.137. The summed E-state index contributed by atoms with van der Waals surface area (Å²) in [5.41, 5.74) is 4.98. The number of carbonyl (C=O) groups is 1. The number of rotatable bonds is 6. The zero-order valence-corrected chi connectivity index (χ0v) is 18.4. The van der Waals surface area contributed by atoms with Crippen LogP contribution in [0.5, 0.6) is 0 Å². The second kappa shape index (κ2) is 8.09. The first kappa shape index (κ1) is 20.8. The topological polar surface area (TPSA) is 92.9 Å². The third-order valence-electron chi connectivity index (χ3n) is 6.35. The van der Waals surface area contributed by atoms with Crippen molar-refractivity contribution in [1.29, 1.82) is 0 Å². The molecule has 7 heteroatoms. The van der Waals surface area contributed by atoms with Crippen LogP contribution in [0, 0.1) is 6.92 Å². The number of H-pyrrole nitrogens is 1. The van der Waals surface area contributed by atoms with Crippen molar-refractivity contribution in [3.63, 3.8) is 0 Å². The van der Waals surface area contributed by atoms with Crippen molar-refractivity contribution in [2.24, 2.45) is 0 Å². The van der Waals surface area contributed by atoms with Gasteiger partial charge in [-0.25, -0.2) is 4.79 Å². The van der Waals surface area contributed by atoms with Crippen LogP contribution in [-0.4, -0.2) is 30.2 Å². The maximum atomic E-state index is 13.9. The first-order valence-corrected chi connectivity index (χ1v) is 10.9. The van der Waals surface area contributed by atoms with E-state index in [1.165, 1.54) is 0 Å². The van der Waals surface area contributed by atoms with E-state index in [9.17, 15) is 14.7 Å². The Morgan fingerprint density at radius 2 is 1.85 bits per heavy atom. The van der Waals surface area contributed by atoms with Gasteiger partial charge in [0.05, 0.1) is 35.7 Å². The lowest BCUT2D eigenvalue weighted by Crippen LogP contribution is -2.31. The Bertz CT molecular complexity index is 1530. The molecular weight excluding hydrogens is 416 g/mol. The zero-order valence-electron chi connectivity index (χ0n) is 18.4. The first-order valence-electron chi connectivity index (χ1n) is 10.9. The van der Waals surface area contributed by atoms with Gasteiger partial charge in [-0.2, -0.15) is 0 Å². The number of carboxylic acid groups (broad SMARTS) is 1. The van der Waals surface area contributed by atoms with Crippen LogP contribution in [0.2, 0.25) is 0 Å². The Morgan fingerprint density at radius 1 is 1.06 bits per heavy atom. The largest absolute Gasteiger partial charge is 0.481 e. The summed E-state index contributed by atoms with van der Waals surface area (Å²) < 4.78 is 3.31. The highest BCUT2D eigenvalue weighted by molar-refractivity contribution is 5.87. The molecule has 0 saturated heterocycles. The highest BCUT2D eigenvalue weighted by atomic mass is 16.4. The van der Waals surface area contributed by atoms with Crippen molar-refractivity contribution in [3.8, 4) is 0 Å². The van der Waals surface area contributed by atoms with E-state index in [0.29, 0.717) is 11.0 Å². The maximum absolute atomic E-state index is 13.9. The van der Waals surface area contributed by atoms with Gasteiger partial charge in [0.15, 0.2) is 0 Å². The minimum Gasteiger partial charge on any atom is -0.481 e. The first-order chi connectivity index (χ1) is 16.0. The van der Waals surface area contributed by atoms with E-state index >= 15 is 0 Å². The summed E-state index contributed by atoms with van der Waals surface area (Å²) in [6, 6.07) is 16.2. The lowest BCUT2D eigenvalue weighted by atomic mass is 10.0. The van der Waals surface area contributed by atoms with Crippen molar-refractivity contribution in [3.05, 3.63) is 100 Å².